The van der Waals surface area contributed by atoms with Crippen molar-refractivity contribution in [2.75, 3.05) is 24.2 Å². The maximum absolute atomic E-state index is 13.7. The number of cyclic esters (lactones) is 1. The molecule has 1 saturated heterocycles. The number of anilines is 1. The molecule has 0 bridgehead atoms. The molecule has 1 unspecified atom stereocenters. The minimum atomic E-state index is -1.44. The molecule has 9 heteroatoms. The van der Waals surface area contributed by atoms with Crippen molar-refractivity contribution in [3.63, 3.8) is 0 Å². The van der Waals surface area contributed by atoms with Crippen LogP contribution in [0.5, 0.6) is 0 Å². The molecule has 1 heterocycles. The van der Waals surface area contributed by atoms with Crippen molar-refractivity contribution in [3.8, 4) is 0 Å². The van der Waals surface area contributed by atoms with E-state index in [-0.39, 0.29) is 18.0 Å². The highest BCUT2D eigenvalue weighted by Crippen LogP contribution is 2.25. The second-order valence-electron chi connectivity index (χ2n) is 4.10. The molecule has 1 amide bonds. The molecule has 106 valence electrons. The summed E-state index contributed by atoms with van der Waals surface area (Å²) in [5, 5.41) is 3.33. The van der Waals surface area contributed by atoms with Crippen molar-refractivity contribution < 1.29 is 18.1 Å². The molecule has 1 aliphatic heterocycles. The topological polar surface area (TPSA) is 95.4 Å². The molecule has 1 fully saturated rings. The summed E-state index contributed by atoms with van der Waals surface area (Å²) < 4.78 is 30.0. The molecular formula is C11H11FN4O3S. The van der Waals surface area contributed by atoms with Gasteiger partial charge in [-0.15, -0.1) is 0 Å². The predicted octanol–water partition coefficient (Wildman–Crippen LogP) is 2.20. The smallest absolute Gasteiger partial charge is 0.414 e. The van der Waals surface area contributed by atoms with Crippen LogP contribution in [0.1, 0.15) is 0 Å². The lowest BCUT2D eigenvalue weighted by Crippen LogP contribution is -2.25. The summed E-state index contributed by atoms with van der Waals surface area (Å²) >= 11 is 0. The van der Waals surface area contributed by atoms with E-state index < -0.39 is 28.8 Å². The van der Waals surface area contributed by atoms with Gasteiger partial charge in [0.2, 0.25) is 0 Å². The highest BCUT2D eigenvalue weighted by Gasteiger charge is 2.32. The molecule has 1 aromatic carbocycles. The lowest BCUT2D eigenvalue weighted by molar-refractivity contribution is 0.145. The zero-order chi connectivity index (χ0) is 14.7. The van der Waals surface area contributed by atoms with Gasteiger partial charge in [0, 0.05) is 11.2 Å². The second-order valence-corrected chi connectivity index (χ2v) is 5.45. The summed E-state index contributed by atoms with van der Waals surface area (Å²) in [5.74, 6) is -0.644. The van der Waals surface area contributed by atoms with Crippen molar-refractivity contribution >= 4 is 22.6 Å². The number of ether oxygens (including phenoxy) is 1. The van der Waals surface area contributed by atoms with Crippen LogP contribution in [-0.2, 0) is 15.5 Å². The molecule has 0 N–H and O–H groups in total. The van der Waals surface area contributed by atoms with Gasteiger partial charge in [0.25, 0.3) is 0 Å². The second kappa shape index (κ2) is 5.89. The van der Waals surface area contributed by atoms with Crippen molar-refractivity contribution in [1.82, 2.24) is 0 Å². The van der Waals surface area contributed by atoms with Crippen LogP contribution in [0.2, 0.25) is 0 Å². The van der Waals surface area contributed by atoms with Gasteiger partial charge in [-0.3, -0.25) is 9.11 Å². The fourth-order valence-electron chi connectivity index (χ4n) is 1.85. The number of carbonyl (C=O) groups is 1. The molecular weight excluding hydrogens is 287 g/mol. The van der Waals surface area contributed by atoms with Crippen molar-refractivity contribution in [3.05, 3.63) is 34.5 Å². The summed E-state index contributed by atoms with van der Waals surface area (Å²) in [5.41, 5.74) is 8.53. The summed E-state index contributed by atoms with van der Waals surface area (Å²) in [6.07, 6.45) is 0.187. The number of nitrogens with zero attached hydrogens (tertiary/aromatic N) is 4. The van der Waals surface area contributed by atoms with Crippen molar-refractivity contribution in [2.45, 2.75) is 11.0 Å². The Morgan fingerprint density at radius 3 is 3.00 bits per heavy atom. The van der Waals surface area contributed by atoms with Crippen LogP contribution < -0.4 is 4.90 Å². The first kappa shape index (κ1) is 14.3. The molecule has 2 rings (SSSR count). The fourth-order valence-corrected chi connectivity index (χ4v) is 2.44. The van der Waals surface area contributed by atoms with Gasteiger partial charge >= 0.3 is 6.09 Å². The minimum Gasteiger partial charge on any atom is -0.444 e. The van der Waals surface area contributed by atoms with Crippen LogP contribution in [-0.4, -0.2) is 35.8 Å². The van der Waals surface area contributed by atoms with Gasteiger partial charge in [-0.1, -0.05) is 5.11 Å². The van der Waals surface area contributed by atoms with Crippen LogP contribution >= 0.6 is 0 Å². The zero-order valence-electron chi connectivity index (χ0n) is 10.5. The molecule has 0 aliphatic carbocycles. The van der Waals surface area contributed by atoms with Crippen molar-refractivity contribution in [2.24, 2.45) is 5.11 Å². The fraction of sp³-hybridized carbons (Fsp3) is 0.364. The normalized spacial score (nSPS) is 19.4. The number of azide groups is 1. The summed E-state index contributed by atoms with van der Waals surface area (Å²) in [7, 11) is -1.44. The average Bonchev–Trinajstić information content (AvgIpc) is 2.77. The summed E-state index contributed by atoms with van der Waals surface area (Å²) in [6, 6.07) is 4.00. The Hall–Kier alpha value is -2.12. The molecule has 1 aromatic rings. The Bertz CT molecular complexity index is 618. The van der Waals surface area contributed by atoms with Gasteiger partial charge in [-0.05, 0) is 23.7 Å². The first-order chi connectivity index (χ1) is 9.52. The van der Waals surface area contributed by atoms with E-state index in [2.05, 4.69) is 10.0 Å². The zero-order valence-corrected chi connectivity index (χ0v) is 11.3. The lowest BCUT2D eigenvalue weighted by Gasteiger charge is -2.13. The SMILES string of the molecule is CS(=O)c1ccc(N2C[C@H](CN=[N+]=[N-])OC2=O)cc1F. The number of hydrogen-bond acceptors (Lipinski definition) is 4. The van der Waals surface area contributed by atoms with Crippen LogP contribution in [0.25, 0.3) is 10.4 Å². The molecule has 0 aromatic heterocycles. The highest BCUT2D eigenvalue weighted by atomic mass is 32.2. The summed E-state index contributed by atoms with van der Waals surface area (Å²) in [6.45, 7) is 0.199. The van der Waals surface area contributed by atoms with E-state index in [1.807, 2.05) is 0 Å². The number of rotatable bonds is 4. The number of benzene rings is 1. The van der Waals surface area contributed by atoms with E-state index >= 15 is 0 Å². The van der Waals surface area contributed by atoms with Gasteiger partial charge in [-0.2, -0.15) is 0 Å². The molecule has 0 spiro atoms. The van der Waals surface area contributed by atoms with Crippen molar-refractivity contribution in [1.29, 1.82) is 0 Å². The molecule has 7 nitrogen and oxygen atoms in total. The minimum absolute atomic E-state index is 0.0261. The van der Waals surface area contributed by atoms with Gasteiger partial charge in [0.05, 0.1) is 34.5 Å². The Morgan fingerprint density at radius 1 is 1.65 bits per heavy atom. The monoisotopic (exact) mass is 298 g/mol. The van der Waals surface area contributed by atoms with Crippen LogP contribution in [0.4, 0.5) is 14.9 Å². The largest absolute Gasteiger partial charge is 0.444 e. The van der Waals surface area contributed by atoms with Crippen LogP contribution in [0.15, 0.2) is 28.2 Å². The van der Waals surface area contributed by atoms with E-state index in [0.29, 0.717) is 5.69 Å². The Balaban J connectivity index is 2.20. The van der Waals surface area contributed by atoms with Gasteiger partial charge < -0.3 is 4.74 Å². The van der Waals surface area contributed by atoms with Gasteiger partial charge in [0.15, 0.2) is 0 Å². The van der Waals surface area contributed by atoms with Crippen LogP contribution in [0.3, 0.4) is 0 Å². The first-order valence-corrected chi connectivity index (χ1v) is 7.20. The molecule has 1 aliphatic rings. The maximum Gasteiger partial charge on any atom is 0.414 e. The first-order valence-electron chi connectivity index (χ1n) is 5.65. The molecule has 0 radical (unpaired) electrons. The third kappa shape index (κ3) is 2.89. The third-order valence-electron chi connectivity index (χ3n) is 2.76. The predicted molar refractivity (Wildman–Crippen MR) is 70.4 cm³/mol. The van der Waals surface area contributed by atoms with E-state index in [1.54, 1.807) is 0 Å². The Labute approximate surface area is 116 Å². The van der Waals surface area contributed by atoms with E-state index in [4.69, 9.17) is 10.3 Å². The standard InChI is InChI=1S/C11H11FN4O3S/c1-20(18)10-3-2-7(4-9(10)12)16-6-8(5-14-15-13)19-11(16)17/h2-4,8H,5-6H2,1H3/t8-,20?/m0/s1. The van der Waals surface area contributed by atoms with E-state index in [0.717, 1.165) is 6.07 Å². The average molecular weight is 298 g/mol. The van der Waals surface area contributed by atoms with E-state index in [1.165, 1.54) is 23.3 Å². The van der Waals surface area contributed by atoms with Gasteiger partial charge in [0.1, 0.15) is 11.9 Å². The third-order valence-corrected chi connectivity index (χ3v) is 3.71. The molecule has 2 atom stereocenters. The Morgan fingerprint density at radius 2 is 2.40 bits per heavy atom. The van der Waals surface area contributed by atoms with Crippen LogP contribution in [0, 0.1) is 5.82 Å². The van der Waals surface area contributed by atoms with Gasteiger partial charge in [-0.25, -0.2) is 9.18 Å². The molecule has 20 heavy (non-hydrogen) atoms. The summed E-state index contributed by atoms with van der Waals surface area (Å²) in [4.78, 5) is 15.6. The number of hydrogen-bond donors (Lipinski definition) is 0. The number of amides is 1. The van der Waals surface area contributed by atoms with E-state index in [9.17, 15) is 13.4 Å². The molecule has 0 saturated carbocycles. The quantitative estimate of drug-likeness (QED) is 0.484. The Kier molecular flexibility index (Phi) is 4.21. The number of halogens is 1. The number of carbonyl (C=O) groups excluding carboxylic acids is 1. The maximum atomic E-state index is 13.7. The lowest BCUT2D eigenvalue weighted by atomic mass is 10.2. The highest BCUT2D eigenvalue weighted by molar-refractivity contribution is 7.84.